The Morgan fingerprint density at radius 1 is 1.00 bits per heavy atom. The average molecular weight is 229 g/mol. The van der Waals surface area contributed by atoms with Crippen LogP contribution in [0.25, 0.3) is 11.1 Å². The maximum absolute atomic E-state index is 13.6. The summed E-state index contributed by atoms with van der Waals surface area (Å²) in [6.07, 6.45) is 0. The Hall–Kier alpha value is -2.21. The smallest absolute Gasteiger partial charge is 0.133 e. The molecule has 0 bridgehead atoms. The second kappa shape index (κ2) is 4.34. The van der Waals surface area contributed by atoms with Gasteiger partial charge in [-0.25, -0.2) is 8.78 Å². The van der Waals surface area contributed by atoms with Gasteiger partial charge in [-0.05, 0) is 42.3 Å². The molecule has 0 N–H and O–H groups in total. The molecule has 84 valence electrons. The average Bonchev–Trinajstić information content (AvgIpc) is 2.30. The summed E-state index contributed by atoms with van der Waals surface area (Å²) in [7, 11) is 0. The van der Waals surface area contributed by atoms with Crippen molar-refractivity contribution in [2.75, 3.05) is 0 Å². The van der Waals surface area contributed by atoms with E-state index in [0.717, 1.165) is 11.6 Å². The largest absolute Gasteiger partial charge is 0.207 e. The maximum Gasteiger partial charge on any atom is 0.133 e. The summed E-state index contributed by atoms with van der Waals surface area (Å²) in [4.78, 5) is 0. The number of aryl methyl sites for hydroxylation is 1. The molecule has 1 nitrogen and oxygen atoms in total. The van der Waals surface area contributed by atoms with E-state index in [1.54, 1.807) is 18.2 Å². The van der Waals surface area contributed by atoms with Crippen LogP contribution < -0.4 is 0 Å². The topological polar surface area (TPSA) is 23.8 Å². The third-order valence-electron chi connectivity index (χ3n) is 2.59. The molecule has 17 heavy (non-hydrogen) atoms. The molecular formula is C14H9F2N. The fourth-order valence-corrected chi connectivity index (χ4v) is 1.69. The van der Waals surface area contributed by atoms with E-state index in [-0.39, 0.29) is 0 Å². The zero-order chi connectivity index (χ0) is 12.4. The normalized spacial score (nSPS) is 10.0. The van der Waals surface area contributed by atoms with Crippen molar-refractivity contribution in [2.45, 2.75) is 6.92 Å². The highest BCUT2D eigenvalue weighted by Gasteiger charge is 2.09. The summed E-state index contributed by atoms with van der Waals surface area (Å²) in [6.45, 7) is 1.82. The number of nitriles is 1. The highest BCUT2D eigenvalue weighted by molar-refractivity contribution is 5.69. The molecule has 0 atom stereocenters. The van der Waals surface area contributed by atoms with Gasteiger partial charge in [0.05, 0.1) is 11.6 Å². The highest BCUT2D eigenvalue weighted by Crippen LogP contribution is 2.27. The Balaban J connectivity index is 2.64. The summed E-state index contributed by atoms with van der Waals surface area (Å²) in [6, 6.07) is 10.4. The Labute approximate surface area is 97.9 Å². The lowest BCUT2D eigenvalue weighted by Crippen LogP contribution is -1.90. The molecule has 0 fully saturated rings. The molecule has 0 radical (unpaired) electrons. The van der Waals surface area contributed by atoms with Gasteiger partial charge in [-0.1, -0.05) is 6.07 Å². The van der Waals surface area contributed by atoms with Gasteiger partial charge in [-0.3, -0.25) is 0 Å². The first-order valence-electron chi connectivity index (χ1n) is 5.08. The first-order chi connectivity index (χ1) is 8.11. The van der Waals surface area contributed by atoms with Crippen LogP contribution in [0.15, 0.2) is 36.4 Å². The first kappa shape index (κ1) is 11.3. The van der Waals surface area contributed by atoms with Gasteiger partial charge in [0, 0.05) is 11.6 Å². The molecule has 0 aliphatic rings. The fourth-order valence-electron chi connectivity index (χ4n) is 1.69. The third-order valence-corrected chi connectivity index (χ3v) is 2.59. The Bertz CT molecular complexity index is 612. The van der Waals surface area contributed by atoms with Gasteiger partial charge in [0.2, 0.25) is 0 Å². The van der Waals surface area contributed by atoms with Crippen LogP contribution in [-0.2, 0) is 0 Å². The van der Waals surface area contributed by atoms with E-state index in [2.05, 4.69) is 0 Å². The van der Waals surface area contributed by atoms with Crippen molar-refractivity contribution in [2.24, 2.45) is 0 Å². The number of halogens is 2. The maximum atomic E-state index is 13.6. The van der Waals surface area contributed by atoms with Gasteiger partial charge in [0.15, 0.2) is 0 Å². The molecule has 0 unspecified atom stereocenters. The SMILES string of the molecule is Cc1ccc(C#N)cc1-c1ccc(F)cc1F. The van der Waals surface area contributed by atoms with Gasteiger partial charge in [0.25, 0.3) is 0 Å². The number of rotatable bonds is 1. The second-order valence-corrected chi connectivity index (χ2v) is 3.77. The zero-order valence-electron chi connectivity index (χ0n) is 9.17. The van der Waals surface area contributed by atoms with E-state index in [9.17, 15) is 8.78 Å². The molecule has 2 rings (SSSR count). The number of benzene rings is 2. The lowest BCUT2D eigenvalue weighted by molar-refractivity contribution is 0.585. The molecule has 0 aromatic heterocycles. The van der Waals surface area contributed by atoms with Crippen LogP contribution in [0.3, 0.4) is 0 Å². The van der Waals surface area contributed by atoms with Crippen molar-refractivity contribution in [3.05, 3.63) is 59.2 Å². The van der Waals surface area contributed by atoms with E-state index >= 15 is 0 Å². The van der Waals surface area contributed by atoms with Crippen molar-refractivity contribution in [3.8, 4) is 17.2 Å². The van der Waals surface area contributed by atoms with Gasteiger partial charge in [0.1, 0.15) is 11.6 Å². The highest BCUT2D eigenvalue weighted by atomic mass is 19.1. The standard InChI is InChI=1S/C14H9F2N/c1-9-2-3-10(8-17)6-13(9)12-5-4-11(15)7-14(12)16/h2-7H,1H3. The van der Waals surface area contributed by atoms with Crippen LogP contribution in [0.4, 0.5) is 8.78 Å². The van der Waals surface area contributed by atoms with E-state index in [1.807, 2.05) is 13.0 Å². The van der Waals surface area contributed by atoms with Crippen molar-refractivity contribution in [1.82, 2.24) is 0 Å². The van der Waals surface area contributed by atoms with E-state index < -0.39 is 11.6 Å². The third kappa shape index (κ3) is 2.16. The molecule has 0 aliphatic carbocycles. The molecule has 0 saturated heterocycles. The van der Waals surface area contributed by atoms with Crippen LogP contribution in [0.5, 0.6) is 0 Å². The minimum atomic E-state index is -0.622. The van der Waals surface area contributed by atoms with Crippen LogP contribution in [-0.4, -0.2) is 0 Å². The summed E-state index contributed by atoms with van der Waals surface area (Å²) in [5.74, 6) is -1.23. The molecule has 3 heteroatoms. The Morgan fingerprint density at radius 3 is 2.41 bits per heavy atom. The zero-order valence-corrected chi connectivity index (χ0v) is 9.17. The van der Waals surface area contributed by atoms with E-state index in [1.165, 1.54) is 12.1 Å². The number of hydrogen-bond donors (Lipinski definition) is 0. The predicted molar refractivity (Wildman–Crippen MR) is 61.2 cm³/mol. The monoisotopic (exact) mass is 229 g/mol. The second-order valence-electron chi connectivity index (χ2n) is 3.77. The van der Waals surface area contributed by atoms with Gasteiger partial charge in [-0.2, -0.15) is 5.26 Å². The van der Waals surface area contributed by atoms with Crippen LogP contribution in [0.1, 0.15) is 11.1 Å². The van der Waals surface area contributed by atoms with Gasteiger partial charge >= 0.3 is 0 Å². The minimum Gasteiger partial charge on any atom is -0.207 e. The van der Waals surface area contributed by atoms with Crippen molar-refractivity contribution in [3.63, 3.8) is 0 Å². The van der Waals surface area contributed by atoms with Gasteiger partial charge < -0.3 is 0 Å². The summed E-state index contributed by atoms with van der Waals surface area (Å²) >= 11 is 0. The molecule has 0 amide bonds. The number of hydrogen-bond acceptors (Lipinski definition) is 1. The molecule has 0 spiro atoms. The quantitative estimate of drug-likeness (QED) is 0.729. The van der Waals surface area contributed by atoms with Crippen molar-refractivity contribution < 1.29 is 8.78 Å². The first-order valence-corrected chi connectivity index (χ1v) is 5.08. The van der Waals surface area contributed by atoms with Crippen LogP contribution in [0.2, 0.25) is 0 Å². The van der Waals surface area contributed by atoms with Crippen LogP contribution >= 0.6 is 0 Å². The summed E-state index contributed by atoms with van der Waals surface area (Å²) in [5, 5.41) is 8.81. The molecule has 2 aromatic rings. The Kier molecular flexibility index (Phi) is 2.88. The number of nitrogens with zero attached hydrogens (tertiary/aromatic N) is 1. The lowest BCUT2D eigenvalue weighted by Gasteiger charge is -2.07. The minimum absolute atomic E-state index is 0.306. The Morgan fingerprint density at radius 2 is 1.76 bits per heavy atom. The molecule has 0 heterocycles. The molecule has 0 saturated carbocycles. The fraction of sp³-hybridized carbons (Fsp3) is 0.0714. The molecular weight excluding hydrogens is 220 g/mol. The van der Waals surface area contributed by atoms with Crippen LogP contribution in [0, 0.1) is 29.9 Å². The lowest BCUT2D eigenvalue weighted by atomic mass is 9.98. The van der Waals surface area contributed by atoms with Gasteiger partial charge in [-0.15, -0.1) is 0 Å². The predicted octanol–water partition coefficient (Wildman–Crippen LogP) is 3.81. The van der Waals surface area contributed by atoms with Crippen molar-refractivity contribution in [1.29, 1.82) is 5.26 Å². The van der Waals surface area contributed by atoms with E-state index in [4.69, 9.17) is 5.26 Å². The summed E-state index contributed by atoms with van der Waals surface area (Å²) < 4.78 is 26.4. The van der Waals surface area contributed by atoms with Crippen molar-refractivity contribution >= 4 is 0 Å². The molecule has 2 aromatic carbocycles. The molecule has 0 aliphatic heterocycles. The summed E-state index contributed by atoms with van der Waals surface area (Å²) in [5.41, 5.74) is 2.21. The van der Waals surface area contributed by atoms with E-state index in [0.29, 0.717) is 16.7 Å².